The van der Waals surface area contributed by atoms with Crippen LogP contribution in [-0.2, 0) is 4.79 Å². The van der Waals surface area contributed by atoms with E-state index in [1.807, 2.05) is 4.90 Å². The van der Waals surface area contributed by atoms with Gasteiger partial charge in [-0.25, -0.2) is 0 Å². The molecular weight excluding hydrogens is 238 g/mol. The maximum atomic E-state index is 12.5. The van der Waals surface area contributed by atoms with Gasteiger partial charge in [0.05, 0.1) is 5.92 Å². The summed E-state index contributed by atoms with van der Waals surface area (Å²) in [5, 5.41) is 0. The number of nitrogens with two attached hydrogens (primary N) is 1. The number of rotatable bonds is 4. The van der Waals surface area contributed by atoms with Crippen LogP contribution in [0.4, 0.5) is 0 Å². The maximum absolute atomic E-state index is 12.5. The lowest BCUT2D eigenvalue weighted by molar-refractivity contribution is -0.137. The predicted molar refractivity (Wildman–Crippen MR) is 77.8 cm³/mol. The lowest BCUT2D eigenvalue weighted by Crippen LogP contribution is -2.50. The fraction of sp³-hybridized carbons (Fsp3) is 0.933. The van der Waals surface area contributed by atoms with Gasteiger partial charge in [0, 0.05) is 32.7 Å². The van der Waals surface area contributed by atoms with Crippen LogP contribution in [-0.4, -0.2) is 55.5 Å². The van der Waals surface area contributed by atoms with E-state index in [0.29, 0.717) is 12.5 Å². The van der Waals surface area contributed by atoms with Crippen molar-refractivity contribution in [3.05, 3.63) is 0 Å². The van der Waals surface area contributed by atoms with Gasteiger partial charge in [-0.1, -0.05) is 32.1 Å². The van der Waals surface area contributed by atoms with E-state index in [2.05, 4.69) is 11.9 Å². The van der Waals surface area contributed by atoms with Gasteiger partial charge in [0.1, 0.15) is 0 Å². The molecule has 1 saturated carbocycles. The molecule has 1 unspecified atom stereocenters. The van der Waals surface area contributed by atoms with Crippen LogP contribution in [0.25, 0.3) is 0 Å². The highest BCUT2D eigenvalue weighted by Crippen LogP contribution is 2.29. The van der Waals surface area contributed by atoms with E-state index in [0.717, 1.165) is 38.5 Å². The van der Waals surface area contributed by atoms with Crippen LogP contribution < -0.4 is 5.73 Å². The predicted octanol–water partition coefficient (Wildman–Crippen LogP) is 1.31. The van der Waals surface area contributed by atoms with E-state index in [1.54, 1.807) is 0 Å². The Morgan fingerprint density at radius 3 is 2.37 bits per heavy atom. The summed E-state index contributed by atoms with van der Waals surface area (Å²) >= 11 is 0. The molecule has 1 heterocycles. The van der Waals surface area contributed by atoms with Crippen molar-refractivity contribution < 1.29 is 4.79 Å². The Morgan fingerprint density at radius 1 is 1.16 bits per heavy atom. The third kappa shape index (κ3) is 4.18. The van der Waals surface area contributed by atoms with Crippen LogP contribution in [0.3, 0.4) is 0 Å². The van der Waals surface area contributed by atoms with Crippen LogP contribution in [0, 0.1) is 11.8 Å². The Kier molecular flexibility index (Phi) is 5.64. The van der Waals surface area contributed by atoms with Crippen LogP contribution in [0.1, 0.15) is 38.5 Å². The Hall–Kier alpha value is -0.610. The summed E-state index contributed by atoms with van der Waals surface area (Å²) in [6, 6.07) is 0. The van der Waals surface area contributed by atoms with Gasteiger partial charge in [0.25, 0.3) is 0 Å². The summed E-state index contributed by atoms with van der Waals surface area (Å²) in [7, 11) is 2.12. The fourth-order valence-corrected chi connectivity index (χ4v) is 3.41. The number of likely N-dealkylation sites (N-methyl/N-ethyl adjacent to an activating group) is 1. The van der Waals surface area contributed by atoms with Crippen molar-refractivity contribution in [2.75, 3.05) is 39.8 Å². The second kappa shape index (κ2) is 7.25. The normalized spacial score (nSPS) is 24.4. The van der Waals surface area contributed by atoms with E-state index in [4.69, 9.17) is 5.73 Å². The first kappa shape index (κ1) is 14.8. The van der Waals surface area contributed by atoms with Gasteiger partial charge in [0.15, 0.2) is 0 Å². The van der Waals surface area contributed by atoms with Crippen molar-refractivity contribution in [2.24, 2.45) is 17.6 Å². The van der Waals surface area contributed by atoms with E-state index >= 15 is 0 Å². The van der Waals surface area contributed by atoms with Gasteiger partial charge < -0.3 is 15.5 Å². The average molecular weight is 267 g/mol. The number of hydrogen-bond acceptors (Lipinski definition) is 3. The molecule has 0 radical (unpaired) electrons. The largest absolute Gasteiger partial charge is 0.340 e. The molecule has 19 heavy (non-hydrogen) atoms. The second-order valence-electron chi connectivity index (χ2n) is 6.30. The van der Waals surface area contributed by atoms with Gasteiger partial charge in [-0.15, -0.1) is 0 Å². The summed E-state index contributed by atoms with van der Waals surface area (Å²) in [4.78, 5) is 16.8. The van der Waals surface area contributed by atoms with Crippen molar-refractivity contribution in [1.82, 2.24) is 9.80 Å². The first-order valence-electron chi connectivity index (χ1n) is 7.88. The highest BCUT2D eigenvalue weighted by Gasteiger charge is 2.28. The Morgan fingerprint density at radius 2 is 1.79 bits per heavy atom. The first-order valence-corrected chi connectivity index (χ1v) is 7.88. The minimum absolute atomic E-state index is 0.0616. The molecular formula is C15H29N3O. The van der Waals surface area contributed by atoms with Crippen molar-refractivity contribution in [2.45, 2.75) is 38.5 Å². The molecule has 2 rings (SSSR count). The third-order valence-electron chi connectivity index (χ3n) is 4.79. The summed E-state index contributed by atoms with van der Waals surface area (Å²) in [5.41, 5.74) is 5.87. The molecule has 4 nitrogen and oxygen atoms in total. The molecule has 2 fully saturated rings. The molecule has 2 aliphatic rings. The molecule has 4 heteroatoms. The molecule has 110 valence electrons. The highest BCUT2D eigenvalue weighted by atomic mass is 16.2. The van der Waals surface area contributed by atoms with Crippen LogP contribution >= 0.6 is 0 Å². The zero-order chi connectivity index (χ0) is 13.7. The number of hydrogen-bond donors (Lipinski definition) is 1. The quantitative estimate of drug-likeness (QED) is 0.835. The molecule has 0 aromatic carbocycles. The van der Waals surface area contributed by atoms with Crippen LogP contribution in [0.2, 0.25) is 0 Å². The summed E-state index contributed by atoms with van der Waals surface area (Å²) in [5.74, 6) is 1.10. The number of carbonyl (C=O) groups is 1. The molecule has 1 amide bonds. The van der Waals surface area contributed by atoms with Crippen LogP contribution in [0.15, 0.2) is 0 Å². The fourth-order valence-electron chi connectivity index (χ4n) is 3.41. The van der Waals surface area contributed by atoms with E-state index in [1.165, 1.54) is 32.1 Å². The van der Waals surface area contributed by atoms with E-state index in [9.17, 15) is 4.79 Å². The summed E-state index contributed by atoms with van der Waals surface area (Å²) in [6.45, 7) is 4.24. The minimum atomic E-state index is 0.0616. The zero-order valence-corrected chi connectivity index (χ0v) is 12.3. The van der Waals surface area contributed by atoms with E-state index < -0.39 is 0 Å². The van der Waals surface area contributed by atoms with E-state index in [-0.39, 0.29) is 5.92 Å². The molecule has 1 aliphatic heterocycles. The molecule has 1 aliphatic carbocycles. The smallest absolute Gasteiger partial charge is 0.227 e. The summed E-state index contributed by atoms with van der Waals surface area (Å²) in [6.07, 6.45) is 7.66. The molecule has 1 atom stereocenters. The van der Waals surface area contributed by atoms with Crippen LogP contribution in [0.5, 0.6) is 0 Å². The van der Waals surface area contributed by atoms with Gasteiger partial charge in [-0.3, -0.25) is 4.79 Å². The molecule has 0 aromatic heterocycles. The Bertz CT molecular complexity index is 281. The molecule has 0 bridgehead atoms. The topological polar surface area (TPSA) is 49.6 Å². The first-order chi connectivity index (χ1) is 9.20. The number of amides is 1. The maximum Gasteiger partial charge on any atom is 0.227 e. The third-order valence-corrected chi connectivity index (χ3v) is 4.79. The average Bonchev–Trinajstić information content (AvgIpc) is 2.46. The number of carbonyl (C=O) groups excluding carboxylic acids is 1. The lowest BCUT2D eigenvalue weighted by atomic mass is 9.82. The molecule has 2 N–H and O–H groups in total. The Labute approximate surface area is 117 Å². The second-order valence-corrected chi connectivity index (χ2v) is 6.30. The van der Waals surface area contributed by atoms with Gasteiger partial charge in [0.2, 0.25) is 5.91 Å². The monoisotopic (exact) mass is 267 g/mol. The van der Waals surface area contributed by atoms with Crippen molar-refractivity contribution in [1.29, 1.82) is 0 Å². The number of nitrogens with zero attached hydrogens (tertiary/aromatic N) is 2. The van der Waals surface area contributed by atoms with Gasteiger partial charge in [-0.2, -0.15) is 0 Å². The molecule has 0 spiro atoms. The lowest BCUT2D eigenvalue weighted by Gasteiger charge is -2.35. The van der Waals surface area contributed by atoms with Gasteiger partial charge >= 0.3 is 0 Å². The minimum Gasteiger partial charge on any atom is -0.340 e. The standard InChI is InChI=1S/C15H29N3O/c1-17-7-9-18(10-8-17)15(19)14(12-16)11-13-5-3-2-4-6-13/h13-14H,2-12,16H2,1H3. The SMILES string of the molecule is CN1CCN(C(=O)C(CN)CC2CCCCC2)CC1. The number of piperazine rings is 1. The van der Waals surface area contributed by atoms with Crippen molar-refractivity contribution in [3.63, 3.8) is 0 Å². The summed E-state index contributed by atoms with van der Waals surface area (Å²) < 4.78 is 0. The zero-order valence-electron chi connectivity index (χ0n) is 12.3. The molecule has 1 saturated heterocycles. The Balaban J connectivity index is 1.83. The van der Waals surface area contributed by atoms with Crippen molar-refractivity contribution in [3.8, 4) is 0 Å². The van der Waals surface area contributed by atoms with Gasteiger partial charge in [-0.05, 0) is 19.4 Å². The van der Waals surface area contributed by atoms with Crippen molar-refractivity contribution >= 4 is 5.91 Å². The molecule has 0 aromatic rings. The highest BCUT2D eigenvalue weighted by molar-refractivity contribution is 5.79.